The number of amides is 2. The van der Waals surface area contributed by atoms with Gasteiger partial charge in [0.1, 0.15) is 0 Å². The second kappa shape index (κ2) is 7.95. The van der Waals surface area contributed by atoms with Gasteiger partial charge >= 0.3 is 12.0 Å². The van der Waals surface area contributed by atoms with Crippen LogP contribution in [0.5, 0.6) is 0 Å². The zero-order valence-electron chi connectivity index (χ0n) is 11.4. The number of ether oxygens (including phenoxy) is 1. The summed E-state index contributed by atoms with van der Waals surface area (Å²) >= 11 is 0. The van der Waals surface area contributed by atoms with Crippen LogP contribution in [-0.4, -0.2) is 43.1 Å². The molecule has 18 heavy (non-hydrogen) atoms. The molecule has 1 saturated heterocycles. The lowest BCUT2D eigenvalue weighted by molar-refractivity contribution is -0.143. The predicted octanol–water partition coefficient (Wildman–Crippen LogP) is 1.77. The van der Waals surface area contributed by atoms with Crippen LogP contribution in [0.3, 0.4) is 0 Å². The number of nitrogens with zero attached hydrogens (tertiary/aromatic N) is 1. The predicted molar refractivity (Wildman–Crippen MR) is 69.2 cm³/mol. The third-order valence-corrected chi connectivity index (χ3v) is 3.21. The monoisotopic (exact) mass is 256 g/mol. The highest BCUT2D eigenvalue weighted by Gasteiger charge is 2.19. The number of nitrogens with one attached hydrogen (secondary N) is 1. The van der Waals surface area contributed by atoms with Crippen molar-refractivity contribution in [2.75, 3.05) is 26.2 Å². The van der Waals surface area contributed by atoms with Gasteiger partial charge in [0.05, 0.1) is 6.61 Å². The van der Waals surface area contributed by atoms with Crippen LogP contribution in [-0.2, 0) is 9.53 Å². The molecule has 0 saturated carbocycles. The number of likely N-dealkylation sites (tertiary alicyclic amines) is 1. The van der Waals surface area contributed by atoms with Crippen LogP contribution in [0.25, 0.3) is 0 Å². The summed E-state index contributed by atoms with van der Waals surface area (Å²) in [6, 6.07) is -0.00856. The maximum Gasteiger partial charge on any atom is 0.317 e. The SMILES string of the molecule is CCOC(=O)CCCNC(=O)N1CCC(C)CC1. The van der Waals surface area contributed by atoms with Crippen LogP contribution in [0.4, 0.5) is 4.79 Å². The van der Waals surface area contributed by atoms with E-state index in [0.717, 1.165) is 31.8 Å². The number of hydrogen-bond donors (Lipinski definition) is 1. The smallest absolute Gasteiger partial charge is 0.317 e. The van der Waals surface area contributed by atoms with Crippen LogP contribution in [0.1, 0.15) is 39.5 Å². The van der Waals surface area contributed by atoms with E-state index in [9.17, 15) is 9.59 Å². The summed E-state index contributed by atoms with van der Waals surface area (Å²) in [6.07, 6.45) is 3.16. The van der Waals surface area contributed by atoms with Crippen molar-refractivity contribution in [3.8, 4) is 0 Å². The van der Waals surface area contributed by atoms with Gasteiger partial charge in [-0.1, -0.05) is 6.92 Å². The fraction of sp³-hybridized carbons (Fsp3) is 0.846. The number of hydrogen-bond acceptors (Lipinski definition) is 3. The van der Waals surface area contributed by atoms with Crippen molar-refractivity contribution in [3.05, 3.63) is 0 Å². The van der Waals surface area contributed by atoms with Gasteiger partial charge in [-0.3, -0.25) is 4.79 Å². The highest BCUT2D eigenvalue weighted by molar-refractivity contribution is 5.74. The first-order chi connectivity index (χ1) is 8.63. The Morgan fingerprint density at radius 1 is 1.33 bits per heavy atom. The summed E-state index contributed by atoms with van der Waals surface area (Å²) in [5.41, 5.74) is 0. The molecule has 1 aliphatic heterocycles. The maximum atomic E-state index is 11.8. The van der Waals surface area contributed by atoms with E-state index >= 15 is 0 Å². The van der Waals surface area contributed by atoms with E-state index in [0.29, 0.717) is 26.0 Å². The van der Waals surface area contributed by atoms with E-state index in [-0.39, 0.29) is 12.0 Å². The first-order valence-electron chi connectivity index (χ1n) is 6.82. The number of esters is 1. The van der Waals surface area contributed by atoms with Crippen LogP contribution < -0.4 is 5.32 Å². The summed E-state index contributed by atoms with van der Waals surface area (Å²) in [4.78, 5) is 24.7. The molecule has 1 rings (SSSR count). The van der Waals surface area contributed by atoms with Gasteiger partial charge in [0.15, 0.2) is 0 Å². The van der Waals surface area contributed by atoms with Gasteiger partial charge in [-0.2, -0.15) is 0 Å². The molecule has 104 valence electrons. The maximum absolute atomic E-state index is 11.8. The molecular formula is C13H24N2O3. The molecule has 1 aliphatic rings. The Labute approximate surface area is 109 Å². The van der Waals surface area contributed by atoms with E-state index in [2.05, 4.69) is 12.2 Å². The van der Waals surface area contributed by atoms with Gasteiger partial charge in [-0.05, 0) is 32.1 Å². The normalized spacial score (nSPS) is 16.4. The van der Waals surface area contributed by atoms with Gasteiger partial charge in [-0.15, -0.1) is 0 Å². The molecule has 0 spiro atoms. The molecule has 0 bridgehead atoms. The number of carbonyl (C=O) groups excluding carboxylic acids is 2. The van der Waals surface area contributed by atoms with Crippen LogP contribution in [0, 0.1) is 5.92 Å². The first kappa shape index (κ1) is 14.8. The molecule has 1 fully saturated rings. The highest BCUT2D eigenvalue weighted by Crippen LogP contribution is 2.15. The molecule has 0 aliphatic carbocycles. The summed E-state index contributed by atoms with van der Waals surface area (Å²) in [5, 5.41) is 2.84. The van der Waals surface area contributed by atoms with E-state index in [1.807, 2.05) is 4.90 Å². The lowest BCUT2D eigenvalue weighted by atomic mass is 10.00. The Morgan fingerprint density at radius 2 is 2.00 bits per heavy atom. The minimum atomic E-state index is -0.196. The van der Waals surface area contributed by atoms with Gasteiger partial charge in [0.25, 0.3) is 0 Å². The minimum Gasteiger partial charge on any atom is -0.466 e. The van der Waals surface area contributed by atoms with Gasteiger partial charge in [0.2, 0.25) is 0 Å². The molecule has 0 unspecified atom stereocenters. The first-order valence-corrected chi connectivity index (χ1v) is 6.82. The average Bonchev–Trinajstić information content (AvgIpc) is 2.35. The fourth-order valence-corrected chi connectivity index (χ4v) is 1.98. The number of carbonyl (C=O) groups is 2. The van der Waals surface area contributed by atoms with Crippen molar-refractivity contribution in [1.29, 1.82) is 0 Å². The van der Waals surface area contributed by atoms with Crippen LogP contribution in [0.2, 0.25) is 0 Å². The summed E-state index contributed by atoms with van der Waals surface area (Å²) in [6.45, 7) is 6.63. The molecule has 0 atom stereocenters. The van der Waals surface area contributed by atoms with Crippen molar-refractivity contribution < 1.29 is 14.3 Å². The third-order valence-electron chi connectivity index (χ3n) is 3.21. The quantitative estimate of drug-likeness (QED) is 0.602. The Hall–Kier alpha value is -1.26. The Morgan fingerprint density at radius 3 is 2.61 bits per heavy atom. The van der Waals surface area contributed by atoms with Crippen LogP contribution in [0.15, 0.2) is 0 Å². The molecule has 1 N–H and O–H groups in total. The Balaban J connectivity index is 2.08. The molecule has 5 heteroatoms. The van der Waals surface area contributed by atoms with Crippen molar-refractivity contribution >= 4 is 12.0 Å². The molecule has 5 nitrogen and oxygen atoms in total. The Kier molecular flexibility index (Phi) is 6.54. The van der Waals surface area contributed by atoms with Crippen molar-refractivity contribution in [1.82, 2.24) is 10.2 Å². The summed E-state index contributed by atoms with van der Waals surface area (Å²) < 4.78 is 4.81. The van der Waals surface area contributed by atoms with E-state index < -0.39 is 0 Å². The zero-order valence-corrected chi connectivity index (χ0v) is 11.4. The van der Waals surface area contributed by atoms with E-state index in [1.165, 1.54) is 0 Å². The van der Waals surface area contributed by atoms with Crippen LogP contribution >= 0.6 is 0 Å². The largest absolute Gasteiger partial charge is 0.466 e. The van der Waals surface area contributed by atoms with E-state index in [4.69, 9.17) is 4.74 Å². The van der Waals surface area contributed by atoms with Gasteiger partial charge in [0, 0.05) is 26.1 Å². The standard InChI is InChI=1S/C13H24N2O3/c1-3-18-12(16)5-4-8-14-13(17)15-9-6-11(2)7-10-15/h11H,3-10H2,1-2H3,(H,14,17). The lowest BCUT2D eigenvalue weighted by Crippen LogP contribution is -2.44. The molecule has 2 amide bonds. The number of urea groups is 1. The second-order valence-corrected chi connectivity index (χ2v) is 4.81. The molecule has 0 aromatic rings. The summed E-state index contributed by atoms with van der Waals surface area (Å²) in [5.74, 6) is 0.524. The summed E-state index contributed by atoms with van der Waals surface area (Å²) in [7, 11) is 0. The molecule has 0 aromatic heterocycles. The number of piperidine rings is 1. The number of rotatable bonds is 5. The van der Waals surface area contributed by atoms with Crippen molar-refractivity contribution in [2.24, 2.45) is 5.92 Å². The van der Waals surface area contributed by atoms with Crippen molar-refractivity contribution in [3.63, 3.8) is 0 Å². The molecular weight excluding hydrogens is 232 g/mol. The molecule has 0 aromatic carbocycles. The minimum absolute atomic E-state index is 0.00856. The van der Waals surface area contributed by atoms with E-state index in [1.54, 1.807) is 6.92 Å². The second-order valence-electron chi connectivity index (χ2n) is 4.81. The zero-order chi connectivity index (χ0) is 13.4. The van der Waals surface area contributed by atoms with Gasteiger partial charge < -0.3 is 15.0 Å². The highest BCUT2D eigenvalue weighted by atomic mass is 16.5. The average molecular weight is 256 g/mol. The Bertz CT molecular complexity index is 273. The molecule has 1 heterocycles. The van der Waals surface area contributed by atoms with Crippen molar-refractivity contribution in [2.45, 2.75) is 39.5 Å². The third kappa shape index (κ3) is 5.38. The molecule has 0 radical (unpaired) electrons. The lowest BCUT2D eigenvalue weighted by Gasteiger charge is -2.30. The fourth-order valence-electron chi connectivity index (χ4n) is 1.98. The topological polar surface area (TPSA) is 58.6 Å². The van der Waals surface area contributed by atoms with Gasteiger partial charge in [-0.25, -0.2) is 4.79 Å².